The van der Waals surface area contributed by atoms with E-state index in [0.29, 0.717) is 12.1 Å². The third-order valence-corrected chi connectivity index (χ3v) is 5.78. The molecule has 2 unspecified atom stereocenters. The Balaban J connectivity index is 1.53. The molecular weight excluding hydrogens is 367 g/mol. The van der Waals surface area contributed by atoms with Gasteiger partial charge in [0.25, 0.3) is 0 Å². The molecule has 1 N–H and O–H groups in total. The summed E-state index contributed by atoms with van der Waals surface area (Å²) >= 11 is 0. The molecule has 0 amide bonds. The van der Waals surface area contributed by atoms with Crippen LogP contribution in [0.5, 0.6) is 0 Å². The Bertz CT molecular complexity index is 1170. The molecule has 2 atom stereocenters. The van der Waals surface area contributed by atoms with Crippen LogP contribution in [0, 0.1) is 5.82 Å². The lowest BCUT2D eigenvalue weighted by Crippen LogP contribution is -2.67. The van der Waals surface area contributed by atoms with Gasteiger partial charge < -0.3 is 10.2 Å². The number of piperazine rings is 1. The predicted octanol–water partition coefficient (Wildman–Crippen LogP) is 3.15. The van der Waals surface area contributed by atoms with Crippen molar-refractivity contribution >= 4 is 11.5 Å². The zero-order valence-electron chi connectivity index (χ0n) is 15.7. The summed E-state index contributed by atoms with van der Waals surface area (Å²) in [5, 5.41) is 8.51. The van der Waals surface area contributed by atoms with Crippen LogP contribution in [0.25, 0.3) is 28.2 Å². The first-order valence-corrected chi connectivity index (χ1v) is 9.82. The molecule has 1 aromatic carbocycles. The molecule has 144 valence electrons. The van der Waals surface area contributed by atoms with Crippen molar-refractivity contribution in [3.8, 4) is 22.5 Å². The number of aromatic nitrogens is 4. The van der Waals surface area contributed by atoms with E-state index in [4.69, 9.17) is 10.1 Å². The van der Waals surface area contributed by atoms with Gasteiger partial charge in [0.05, 0.1) is 5.69 Å². The maximum Gasteiger partial charge on any atom is 0.155 e. The van der Waals surface area contributed by atoms with E-state index < -0.39 is 0 Å². The average molecular weight is 386 g/mol. The zero-order valence-corrected chi connectivity index (χ0v) is 15.7. The number of fused-ring (bicyclic) bond motifs is 3. The highest BCUT2D eigenvalue weighted by atomic mass is 19.1. The fourth-order valence-corrected chi connectivity index (χ4v) is 4.37. The fourth-order valence-electron chi connectivity index (χ4n) is 4.37. The highest BCUT2D eigenvalue weighted by Crippen LogP contribution is 2.33. The van der Waals surface area contributed by atoms with Gasteiger partial charge in [-0.05, 0) is 55.0 Å². The van der Waals surface area contributed by atoms with Gasteiger partial charge in [-0.15, -0.1) is 5.10 Å². The Labute approximate surface area is 167 Å². The molecule has 6 heterocycles. The third kappa shape index (κ3) is 2.77. The number of hydrogen-bond donors (Lipinski definition) is 1. The van der Waals surface area contributed by atoms with Gasteiger partial charge >= 0.3 is 0 Å². The Hall–Kier alpha value is -3.32. The number of anilines is 1. The number of halogens is 1. The number of nitrogens with zero attached hydrogens (tertiary/aromatic N) is 5. The summed E-state index contributed by atoms with van der Waals surface area (Å²) in [7, 11) is 0. The van der Waals surface area contributed by atoms with E-state index >= 15 is 0 Å². The zero-order chi connectivity index (χ0) is 19.4. The SMILES string of the molecule is Fc1ccc(-c2nc3ccc(N4CC5CC(C4)N5)nn3c2-c2ccncc2)cc1. The monoisotopic (exact) mass is 386 g/mol. The summed E-state index contributed by atoms with van der Waals surface area (Å²) < 4.78 is 15.4. The second-order valence-corrected chi connectivity index (χ2v) is 7.71. The van der Waals surface area contributed by atoms with Gasteiger partial charge in [-0.25, -0.2) is 13.9 Å². The van der Waals surface area contributed by atoms with E-state index in [1.54, 1.807) is 24.5 Å². The molecule has 0 radical (unpaired) electrons. The first kappa shape index (κ1) is 16.6. The minimum Gasteiger partial charge on any atom is -0.352 e. The molecule has 2 bridgehead atoms. The minimum absolute atomic E-state index is 0.263. The lowest BCUT2D eigenvalue weighted by Gasteiger charge is -2.48. The Morgan fingerprint density at radius 3 is 2.34 bits per heavy atom. The van der Waals surface area contributed by atoms with Gasteiger partial charge in [-0.2, -0.15) is 0 Å². The maximum absolute atomic E-state index is 13.5. The average Bonchev–Trinajstić information content (AvgIpc) is 3.13. The molecular formula is C22H19FN6. The second-order valence-electron chi connectivity index (χ2n) is 7.71. The van der Waals surface area contributed by atoms with Crippen LogP contribution in [-0.4, -0.2) is 44.8 Å². The van der Waals surface area contributed by atoms with Crippen LogP contribution in [0.3, 0.4) is 0 Å². The van der Waals surface area contributed by atoms with Crippen molar-refractivity contribution in [2.24, 2.45) is 0 Å². The smallest absolute Gasteiger partial charge is 0.155 e. The van der Waals surface area contributed by atoms with E-state index in [1.807, 2.05) is 28.8 Å². The summed E-state index contributed by atoms with van der Waals surface area (Å²) in [6.07, 6.45) is 4.77. The first-order chi connectivity index (χ1) is 14.2. The van der Waals surface area contributed by atoms with Crippen molar-refractivity contribution in [3.05, 3.63) is 66.7 Å². The highest BCUT2D eigenvalue weighted by molar-refractivity contribution is 5.81. The largest absolute Gasteiger partial charge is 0.352 e. The van der Waals surface area contributed by atoms with Crippen molar-refractivity contribution in [3.63, 3.8) is 0 Å². The number of nitrogens with one attached hydrogen (secondary N) is 1. The molecule has 6 nitrogen and oxygen atoms in total. The van der Waals surface area contributed by atoms with E-state index in [-0.39, 0.29) is 5.82 Å². The predicted molar refractivity (Wildman–Crippen MR) is 109 cm³/mol. The quantitative estimate of drug-likeness (QED) is 0.586. The molecule has 0 saturated carbocycles. The molecule has 3 aliphatic rings. The van der Waals surface area contributed by atoms with Gasteiger partial charge in [-0.1, -0.05) is 0 Å². The van der Waals surface area contributed by atoms with Gasteiger partial charge in [0.1, 0.15) is 17.3 Å². The van der Waals surface area contributed by atoms with E-state index in [2.05, 4.69) is 15.2 Å². The number of pyridine rings is 1. The number of rotatable bonds is 3. The number of piperidine rings is 1. The lowest BCUT2D eigenvalue weighted by atomic mass is 9.91. The molecule has 4 aromatic rings. The van der Waals surface area contributed by atoms with E-state index in [0.717, 1.165) is 47.1 Å². The summed E-state index contributed by atoms with van der Waals surface area (Å²) in [6.45, 7) is 1.94. The van der Waals surface area contributed by atoms with Crippen molar-refractivity contribution in [2.75, 3.05) is 18.0 Å². The molecule has 7 rings (SSSR count). The first-order valence-electron chi connectivity index (χ1n) is 9.82. The van der Waals surface area contributed by atoms with Crippen LogP contribution in [0.2, 0.25) is 0 Å². The van der Waals surface area contributed by atoms with E-state index in [9.17, 15) is 4.39 Å². The van der Waals surface area contributed by atoms with Crippen LogP contribution in [0.4, 0.5) is 10.2 Å². The Morgan fingerprint density at radius 1 is 0.897 bits per heavy atom. The molecule has 3 aliphatic heterocycles. The van der Waals surface area contributed by atoms with Gasteiger partial charge in [0, 0.05) is 48.7 Å². The van der Waals surface area contributed by atoms with E-state index in [1.165, 1.54) is 18.6 Å². The minimum atomic E-state index is -0.263. The molecule has 3 saturated heterocycles. The van der Waals surface area contributed by atoms with Crippen molar-refractivity contribution in [2.45, 2.75) is 18.5 Å². The lowest BCUT2D eigenvalue weighted by molar-refractivity contribution is 0.225. The molecule has 0 spiro atoms. The Kier molecular flexibility index (Phi) is 3.64. The normalized spacial score (nSPS) is 20.7. The molecule has 3 aromatic heterocycles. The second kappa shape index (κ2) is 6.35. The van der Waals surface area contributed by atoms with Gasteiger partial charge in [0.2, 0.25) is 0 Å². The van der Waals surface area contributed by atoms with Gasteiger partial charge in [-0.3, -0.25) is 4.98 Å². The van der Waals surface area contributed by atoms with Crippen LogP contribution in [0.15, 0.2) is 60.9 Å². The number of imidazole rings is 1. The van der Waals surface area contributed by atoms with Crippen LogP contribution < -0.4 is 10.2 Å². The fraction of sp³-hybridized carbons (Fsp3) is 0.227. The van der Waals surface area contributed by atoms with Crippen molar-refractivity contribution in [1.82, 2.24) is 24.9 Å². The molecule has 7 heteroatoms. The number of benzene rings is 1. The molecule has 3 fully saturated rings. The summed E-state index contributed by atoms with van der Waals surface area (Å²) in [4.78, 5) is 11.3. The Morgan fingerprint density at radius 2 is 1.62 bits per heavy atom. The summed E-state index contributed by atoms with van der Waals surface area (Å²) in [5.41, 5.74) is 4.26. The highest BCUT2D eigenvalue weighted by Gasteiger charge is 2.37. The van der Waals surface area contributed by atoms with Gasteiger partial charge in [0.15, 0.2) is 5.65 Å². The van der Waals surface area contributed by atoms with Crippen molar-refractivity contribution in [1.29, 1.82) is 0 Å². The maximum atomic E-state index is 13.5. The molecule has 29 heavy (non-hydrogen) atoms. The summed E-state index contributed by atoms with van der Waals surface area (Å²) in [6, 6.07) is 15.5. The van der Waals surface area contributed by atoms with Crippen molar-refractivity contribution < 1.29 is 4.39 Å². The summed E-state index contributed by atoms with van der Waals surface area (Å²) in [5.74, 6) is 0.688. The molecule has 0 aliphatic carbocycles. The number of hydrogen-bond acceptors (Lipinski definition) is 5. The topological polar surface area (TPSA) is 58.4 Å². The van der Waals surface area contributed by atoms with Crippen LogP contribution in [0.1, 0.15) is 6.42 Å². The van der Waals surface area contributed by atoms with Crippen LogP contribution >= 0.6 is 0 Å². The van der Waals surface area contributed by atoms with Crippen LogP contribution in [-0.2, 0) is 0 Å². The standard InChI is InChI=1S/C22H19FN6/c23-16-3-1-14(2-4-16)21-22(15-7-9-24-10-8-15)29-19(26-21)5-6-20(27-29)28-12-17-11-18(13-28)25-17/h1-10,17-18,25H,11-13H2. The third-order valence-electron chi connectivity index (χ3n) is 5.78.